The Morgan fingerprint density at radius 2 is 0.868 bits per heavy atom. The number of unbranched alkanes of at least 4 members (excludes halogenated alkanes) is 5. The van der Waals surface area contributed by atoms with Gasteiger partial charge in [-0.1, -0.05) is 39.0 Å². The number of carbonyl (C=O) groups excluding carboxylic acids is 1. The highest BCUT2D eigenvalue weighted by Crippen LogP contribution is 2.04. The second kappa shape index (κ2) is 31.9. The van der Waals surface area contributed by atoms with Gasteiger partial charge in [0.25, 0.3) is 0 Å². The first kappa shape index (κ1) is 36.7. The molecule has 0 unspecified atom stereocenters. The summed E-state index contributed by atoms with van der Waals surface area (Å²) in [6.07, 6.45) is 8.15. The third-order valence-corrected chi connectivity index (χ3v) is 5.23. The summed E-state index contributed by atoms with van der Waals surface area (Å²) in [7, 11) is 0. The third kappa shape index (κ3) is 32.7. The van der Waals surface area contributed by atoms with Crippen LogP contribution in [0.25, 0.3) is 0 Å². The molecule has 0 aliphatic heterocycles. The van der Waals surface area contributed by atoms with Crippen molar-refractivity contribution in [1.29, 1.82) is 0 Å². The van der Waals surface area contributed by atoms with Gasteiger partial charge in [-0.15, -0.1) is 0 Å². The molecule has 0 saturated carbocycles. The summed E-state index contributed by atoms with van der Waals surface area (Å²) in [6, 6.07) is 0. The van der Waals surface area contributed by atoms with Crippen molar-refractivity contribution in [2.45, 2.75) is 64.7 Å². The lowest BCUT2D eigenvalue weighted by molar-refractivity contribution is -0.138. The number of aliphatic carboxylic acids is 1. The molecule has 0 heterocycles. The van der Waals surface area contributed by atoms with Crippen LogP contribution in [0.3, 0.4) is 0 Å². The van der Waals surface area contributed by atoms with Crippen LogP contribution in [0.5, 0.6) is 0 Å². The number of hydrogen-bond acceptors (Lipinski definition) is 9. The number of hydrogen-bond donors (Lipinski definition) is 2. The van der Waals surface area contributed by atoms with Crippen LogP contribution in [0, 0.1) is 0 Å². The number of carbonyl (C=O) groups is 2. The van der Waals surface area contributed by atoms with Crippen molar-refractivity contribution >= 4 is 11.9 Å². The number of nitrogens with one attached hydrogen (secondary N) is 1. The Hall–Kier alpha value is -1.34. The topological polar surface area (TPSA) is 131 Å². The molecule has 2 N–H and O–H groups in total. The summed E-state index contributed by atoms with van der Waals surface area (Å²) in [4.78, 5) is 21.7. The van der Waals surface area contributed by atoms with E-state index in [1.807, 2.05) is 0 Å². The average molecular weight is 552 g/mol. The number of rotatable bonds is 32. The van der Waals surface area contributed by atoms with E-state index in [1.54, 1.807) is 0 Å². The first-order chi connectivity index (χ1) is 18.7. The van der Waals surface area contributed by atoms with Gasteiger partial charge in [-0.25, -0.2) is 0 Å². The van der Waals surface area contributed by atoms with E-state index in [9.17, 15) is 9.59 Å². The van der Waals surface area contributed by atoms with Crippen LogP contribution in [0.1, 0.15) is 64.7 Å². The minimum atomic E-state index is -0.976. The highest BCUT2D eigenvalue weighted by Gasteiger charge is 2.04. The Morgan fingerprint density at radius 3 is 1.29 bits per heavy atom. The number of carboxylic acid groups (broad SMARTS) is 1. The van der Waals surface area contributed by atoms with Crippen molar-refractivity contribution in [3.8, 4) is 0 Å². The molecular formula is C27H53NO10. The van der Waals surface area contributed by atoms with Gasteiger partial charge in [0.15, 0.2) is 0 Å². The van der Waals surface area contributed by atoms with Gasteiger partial charge in [0.1, 0.15) is 0 Å². The largest absolute Gasteiger partial charge is 0.481 e. The summed E-state index contributed by atoms with van der Waals surface area (Å²) in [6.45, 7) is 10.3. The van der Waals surface area contributed by atoms with Crippen LogP contribution in [0.15, 0.2) is 0 Å². The molecule has 38 heavy (non-hydrogen) atoms. The quantitative estimate of drug-likeness (QED) is 0.120. The Labute approximate surface area is 229 Å². The third-order valence-electron chi connectivity index (χ3n) is 5.23. The van der Waals surface area contributed by atoms with Crippen molar-refractivity contribution in [2.24, 2.45) is 0 Å². The lowest BCUT2D eigenvalue weighted by atomic mass is 10.1. The molecule has 0 aromatic rings. The smallest absolute Gasteiger partial charge is 0.303 e. The molecule has 0 saturated heterocycles. The summed E-state index contributed by atoms with van der Waals surface area (Å²) >= 11 is 0. The van der Waals surface area contributed by atoms with Gasteiger partial charge in [0.05, 0.1) is 85.7 Å². The van der Waals surface area contributed by atoms with Crippen molar-refractivity contribution in [3.05, 3.63) is 0 Å². The highest BCUT2D eigenvalue weighted by atomic mass is 16.6. The highest BCUT2D eigenvalue weighted by molar-refractivity contribution is 5.80. The van der Waals surface area contributed by atoms with E-state index in [-0.39, 0.29) is 18.7 Å². The number of carboxylic acids is 1. The summed E-state index contributed by atoms with van der Waals surface area (Å²) in [5.41, 5.74) is 0. The molecule has 0 atom stereocenters. The van der Waals surface area contributed by atoms with Gasteiger partial charge in [0.2, 0.25) is 5.91 Å². The molecule has 0 aliphatic carbocycles. The normalized spacial score (nSPS) is 11.2. The van der Waals surface area contributed by atoms with Crippen molar-refractivity contribution in [2.75, 3.05) is 99.0 Å². The predicted molar refractivity (Wildman–Crippen MR) is 144 cm³/mol. The molecule has 0 bridgehead atoms. The van der Waals surface area contributed by atoms with Crippen molar-refractivity contribution in [1.82, 2.24) is 5.32 Å². The van der Waals surface area contributed by atoms with Crippen molar-refractivity contribution in [3.63, 3.8) is 0 Å². The molecule has 0 aromatic heterocycles. The number of amides is 1. The maximum Gasteiger partial charge on any atom is 0.303 e. The Morgan fingerprint density at radius 1 is 0.500 bits per heavy atom. The molecule has 226 valence electrons. The lowest BCUT2D eigenvalue weighted by Crippen LogP contribution is -2.25. The van der Waals surface area contributed by atoms with Gasteiger partial charge >= 0.3 is 5.97 Å². The standard InChI is InChI=1S/C27H53NO10/c1-2-3-4-5-6-7-12-32-14-16-34-18-20-36-22-24-38-25-23-37-21-19-35-17-15-33-13-8-11-28-26(29)9-10-27(30)31/h2-25H2,1H3,(H,28,29)(H,30,31). The minimum Gasteiger partial charge on any atom is -0.481 e. The molecule has 11 nitrogen and oxygen atoms in total. The summed E-state index contributed by atoms with van der Waals surface area (Å²) < 4.78 is 38.2. The molecule has 0 spiro atoms. The second-order valence-corrected chi connectivity index (χ2v) is 8.65. The van der Waals surface area contributed by atoms with E-state index in [2.05, 4.69) is 12.2 Å². The monoisotopic (exact) mass is 551 g/mol. The van der Waals surface area contributed by atoms with E-state index in [4.69, 9.17) is 38.3 Å². The zero-order valence-corrected chi connectivity index (χ0v) is 23.6. The predicted octanol–water partition coefficient (Wildman–Crippen LogP) is 2.83. The fraction of sp³-hybridized carbons (Fsp3) is 0.926. The first-order valence-corrected chi connectivity index (χ1v) is 14.2. The van der Waals surface area contributed by atoms with E-state index >= 15 is 0 Å². The summed E-state index contributed by atoms with van der Waals surface area (Å²) in [5.74, 6) is -1.23. The fourth-order valence-electron chi connectivity index (χ4n) is 3.12. The maximum absolute atomic E-state index is 11.3. The van der Waals surface area contributed by atoms with Gasteiger partial charge < -0.3 is 43.6 Å². The Bertz CT molecular complexity index is 510. The second-order valence-electron chi connectivity index (χ2n) is 8.65. The Kier molecular flexibility index (Phi) is 30.8. The SMILES string of the molecule is CCCCCCCCOCCOCCOCCOCCOCCOCCOCCCNC(=O)CCC(=O)O. The fourth-order valence-corrected chi connectivity index (χ4v) is 3.12. The van der Waals surface area contributed by atoms with Crippen LogP contribution in [0.4, 0.5) is 0 Å². The minimum absolute atomic E-state index is 0.00120. The number of ether oxygens (including phenoxy) is 7. The molecule has 0 rings (SSSR count). The van der Waals surface area contributed by atoms with Crippen molar-refractivity contribution < 1.29 is 47.9 Å². The first-order valence-electron chi connectivity index (χ1n) is 14.2. The van der Waals surface area contributed by atoms with E-state index in [1.165, 1.54) is 32.1 Å². The zero-order chi connectivity index (χ0) is 27.8. The molecule has 0 aromatic carbocycles. The molecule has 0 radical (unpaired) electrons. The average Bonchev–Trinajstić information content (AvgIpc) is 2.91. The maximum atomic E-state index is 11.3. The van der Waals surface area contributed by atoms with Crippen LogP contribution >= 0.6 is 0 Å². The van der Waals surface area contributed by atoms with E-state index in [0.29, 0.717) is 98.9 Å². The van der Waals surface area contributed by atoms with Crippen LogP contribution in [0.2, 0.25) is 0 Å². The van der Waals surface area contributed by atoms with Gasteiger partial charge in [0, 0.05) is 26.2 Å². The van der Waals surface area contributed by atoms with E-state index < -0.39 is 5.97 Å². The van der Waals surface area contributed by atoms with Crippen LogP contribution < -0.4 is 5.32 Å². The molecule has 11 heteroatoms. The van der Waals surface area contributed by atoms with E-state index in [0.717, 1.165) is 13.0 Å². The van der Waals surface area contributed by atoms with Gasteiger partial charge in [-0.2, -0.15) is 0 Å². The van der Waals surface area contributed by atoms with Crippen LogP contribution in [-0.4, -0.2) is 116 Å². The molecule has 0 aliphatic rings. The molecular weight excluding hydrogens is 498 g/mol. The summed E-state index contributed by atoms with van der Waals surface area (Å²) in [5, 5.41) is 11.2. The van der Waals surface area contributed by atoms with Gasteiger partial charge in [-0.05, 0) is 12.8 Å². The molecule has 1 amide bonds. The van der Waals surface area contributed by atoms with Gasteiger partial charge in [-0.3, -0.25) is 9.59 Å². The Balaban J connectivity index is 3.07. The molecule has 0 fully saturated rings. The zero-order valence-electron chi connectivity index (χ0n) is 23.6. The lowest BCUT2D eigenvalue weighted by Gasteiger charge is -2.09. The van der Waals surface area contributed by atoms with Crippen LogP contribution in [-0.2, 0) is 42.7 Å².